The smallest absolute Gasteiger partial charge is 0.406 e. The molecule has 19 heavy (non-hydrogen) atoms. The summed E-state index contributed by atoms with van der Waals surface area (Å²) >= 11 is 11.7. The molecule has 1 saturated heterocycles. The highest BCUT2D eigenvalue weighted by molar-refractivity contribution is 6.35. The van der Waals surface area contributed by atoms with E-state index >= 15 is 0 Å². The van der Waals surface area contributed by atoms with Gasteiger partial charge in [0.25, 0.3) is 5.79 Å². The number of rotatable bonds is 3. The summed E-state index contributed by atoms with van der Waals surface area (Å²) in [6.07, 6.45) is -0.606. The van der Waals surface area contributed by atoms with Crippen LogP contribution in [0.5, 0.6) is 0 Å². The molecular weight excluding hydrogens is 293 g/mol. The number of anilines is 1. The summed E-state index contributed by atoms with van der Waals surface area (Å²) in [5, 5.41) is 0.629. The lowest BCUT2D eigenvalue weighted by Gasteiger charge is -2.20. The SMILES string of the molecule is CCC1(OC)OC(=O)N(c2cc(Cl)cc(Cl)c2)C1=O. The Hall–Kier alpha value is -1.30. The topological polar surface area (TPSA) is 55.8 Å². The van der Waals surface area contributed by atoms with Gasteiger partial charge in [0.15, 0.2) is 0 Å². The molecule has 0 N–H and O–H groups in total. The summed E-state index contributed by atoms with van der Waals surface area (Å²) in [7, 11) is 1.31. The molecule has 5 nitrogen and oxygen atoms in total. The van der Waals surface area contributed by atoms with Crippen LogP contribution in [0.25, 0.3) is 0 Å². The predicted octanol–water partition coefficient (Wildman–Crippen LogP) is 3.23. The minimum atomic E-state index is -1.58. The maximum absolute atomic E-state index is 12.3. The third-order valence-corrected chi connectivity index (χ3v) is 3.30. The van der Waals surface area contributed by atoms with Crippen LogP contribution < -0.4 is 4.90 Å². The van der Waals surface area contributed by atoms with Crippen molar-refractivity contribution in [1.29, 1.82) is 0 Å². The standard InChI is InChI=1S/C12H11Cl2NO4/c1-3-12(18-2)10(16)15(11(17)19-12)9-5-7(13)4-8(14)6-9/h4-6H,3H2,1-2H3. The number of amides is 2. The van der Waals surface area contributed by atoms with Crippen LogP contribution in [0, 0.1) is 0 Å². The highest BCUT2D eigenvalue weighted by Gasteiger charge is 2.54. The molecule has 1 fully saturated rings. The summed E-state index contributed by atoms with van der Waals surface area (Å²) in [6, 6.07) is 4.41. The van der Waals surface area contributed by atoms with Gasteiger partial charge in [0.05, 0.1) is 5.69 Å². The first-order valence-electron chi connectivity index (χ1n) is 5.52. The van der Waals surface area contributed by atoms with Gasteiger partial charge in [-0.25, -0.2) is 9.69 Å². The molecule has 0 saturated carbocycles. The van der Waals surface area contributed by atoms with Crippen LogP contribution in [-0.4, -0.2) is 24.9 Å². The van der Waals surface area contributed by atoms with E-state index in [1.807, 2.05) is 0 Å². The van der Waals surface area contributed by atoms with E-state index in [1.54, 1.807) is 6.92 Å². The number of ether oxygens (including phenoxy) is 2. The van der Waals surface area contributed by atoms with Crippen LogP contribution in [0.4, 0.5) is 10.5 Å². The van der Waals surface area contributed by atoms with Gasteiger partial charge in [-0.2, -0.15) is 0 Å². The second-order valence-corrected chi connectivity index (χ2v) is 4.82. The molecule has 2 amide bonds. The van der Waals surface area contributed by atoms with Crippen molar-refractivity contribution in [3.63, 3.8) is 0 Å². The normalized spacial score (nSPS) is 22.8. The van der Waals surface area contributed by atoms with Crippen molar-refractivity contribution in [3.05, 3.63) is 28.2 Å². The van der Waals surface area contributed by atoms with E-state index in [9.17, 15) is 9.59 Å². The van der Waals surface area contributed by atoms with E-state index in [4.69, 9.17) is 32.7 Å². The maximum Gasteiger partial charge on any atom is 0.424 e. The zero-order valence-electron chi connectivity index (χ0n) is 10.3. The van der Waals surface area contributed by atoms with E-state index in [1.165, 1.54) is 25.3 Å². The van der Waals surface area contributed by atoms with Crippen molar-refractivity contribution in [2.24, 2.45) is 0 Å². The molecule has 1 unspecified atom stereocenters. The zero-order valence-corrected chi connectivity index (χ0v) is 11.8. The van der Waals surface area contributed by atoms with Crippen molar-refractivity contribution in [2.45, 2.75) is 19.1 Å². The average Bonchev–Trinajstić information content (AvgIpc) is 2.60. The van der Waals surface area contributed by atoms with Crippen molar-refractivity contribution < 1.29 is 19.1 Å². The highest BCUT2D eigenvalue weighted by Crippen LogP contribution is 2.34. The highest BCUT2D eigenvalue weighted by atomic mass is 35.5. The fraction of sp³-hybridized carbons (Fsp3) is 0.333. The lowest BCUT2D eigenvalue weighted by Crippen LogP contribution is -2.42. The number of carbonyl (C=O) groups excluding carboxylic acids is 2. The second kappa shape index (κ2) is 5.00. The number of benzene rings is 1. The van der Waals surface area contributed by atoms with E-state index in [0.29, 0.717) is 10.0 Å². The van der Waals surface area contributed by atoms with Gasteiger partial charge in [0.2, 0.25) is 0 Å². The summed E-state index contributed by atoms with van der Waals surface area (Å²) < 4.78 is 10.1. The molecule has 1 aromatic rings. The van der Waals surface area contributed by atoms with E-state index in [0.717, 1.165) is 4.90 Å². The van der Waals surface area contributed by atoms with Gasteiger partial charge in [-0.1, -0.05) is 30.1 Å². The third-order valence-electron chi connectivity index (χ3n) is 2.86. The number of halogens is 2. The zero-order chi connectivity index (χ0) is 14.2. The molecule has 1 aliphatic rings. The molecule has 1 heterocycles. The lowest BCUT2D eigenvalue weighted by molar-refractivity contribution is -0.180. The van der Waals surface area contributed by atoms with Gasteiger partial charge >= 0.3 is 12.0 Å². The molecule has 0 bridgehead atoms. The Morgan fingerprint density at radius 1 is 1.26 bits per heavy atom. The maximum atomic E-state index is 12.3. The van der Waals surface area contributed by atoms with Gasteiger partial charge in [-0.15, -0.1) is 0 Å². The van der Waals surface area contributed by atoms with Crippen LogP contribution in [-0.2, 0) is 14.3 Å². The van der Waals surface area contributed by atoms with Gasteiger partial charge in [0, 0.05) is 23.6 Å². The fourth-order valence-corrected chi connectivity index (χ4v) is 2.39. The Labute approximate surface area is 120 Å². The minimum Gasteiger partial charge on any atom is -0.406 e. The first kappa shape index (κ1) is 14.1. The van der Waals surface area contributed by atoms with Crippen molar-refractivity contribution in [2.75, 3.05) is 12.0 Å². The molecule has 0 spiro atoms. The molecule has 1 atom stereocenters. The minimum absolute atomic E-state index is 0.207. The summed E-state index contributed by atoms with van der Waals surface area (Å²) in [5.41, 5.74) is 0.250. The fourth-order valence-electron chi connectivity index (χ4n) is 1.87. The number of nitrogens with zero attached hydrogens (tertiary/aromatic N) is 1. The van der Waals surface area contributed by atoms with Gasteiger partial charge in [0.1, 0.15) is 0 Å². The molecule has 0 radical (unpaired) electrons. The van der Waals surface area contributed by atoms with E-state index in [-0.39, 0.29) is 12.1 Å². The van der Waals surface area contributed by atoms with E-state index < -0.39 is 17.8 Å². The van der Waals surface area contributed by atoms with Crippen molar-refractivity contribution in [3.8, 4) is 0 Å². The second-order valence-electron chi connectivity index (χ2n) is 3.95. The first-order chi connectivity index (χ1) is 8.93. The lowest BCUT2D eigenvalue weighted by atomic mass is 10.2. The molecule has 0 aromatic heterocycles. The van der Waals surface area contributed by atoms with Crippen LogP contribution >= 0.6 is 23.2 Å². The van der Waals surface area contributed by atoms with Crippen molar-refractivity contribution in [1.82, 2.24) is 0 Å². The Balaban J connectivity index is 2.46. The number of imide groups is 1. The number of carbonyl (C=O) groups is 2. The molecule has 0 aliphatic carbocycles. The quantitative estimate of drug-likeness (QED) is 0.860. The number of cyclic esters (lactones) is 1. The first-order valence-corrected chi connectivity index (χ1v) is 6.28. The summed E-state index contributed by atoms with van der Waals surface area (Å²) in [5.74, 6) is -2.17. The van der Waals surface area contributed by atoms with Crippen LogP contribution in [0.3, 0.4) is 0 Å². The third kappa shape index (κ3) is 2.29. The van der Waals surface area contributed by atoms with Crippen LogP contribution in [0.15, 0.2) is 18.2 Å². The Kier molecular flexibility index (Phi) is 3.71. The summed E-state index contributed by atoms with van der Waals surface area (Å²) in [6.45, 7) is 1.68. The molecule has 7 heteroatoms. The summed E-state index contributed by atoms with van der Waals surface area (Å²) in [4.78, 5) is 25.0. The van der Waals surface area contributed by atoms with Crippen molar-refractivity contribution >= 4 is 40.9 Å². The molecule has 1 aromatic carbocycles. The predicted molar refractivity (Wildman–Crippen MR) is 70.5 cm³/mol. The Bertz CT molecular complexity index is 522. The largest absolute Gasteiger partial charge is 0.424 e. The van der Waals surface area contributed by atoms with Gasteiger partial charge in [-0.3, -0.25) is 4.79 Å². The monoisotopic (exact) mass is 303 g/mol. The number of hydrogen-bond donors (Lipinski definition) is 0. The molecule has 102 valence electrons. The van der Waals surface area contributed by atoms with Crippen LogP contribution in [0.1, 0.15) is 13.3 Å². The average molecular weight is 304 g/mol. The van der Waals surface area contributed by atoms with E-state index in [2.05, 4.69) is 0 Å². The molecule has 2 rings (SSSR count). The molecular formula is C12H11Cl2NO4. The van der Waals surface area contributed by atoms with Crippen LogP contribution in [0.2, 0.25) is 10.0 Å². The van der Waals surface area contributed by atoms with Gasteiger partial charge < -0.3 is 9.47 Å². The Morgan fingerprint density at radius 2 is 1.84 bits per heavy atom. The number of methoxy groups -OCH3 is 1. The number of hydrogen-bond acceptors (Lipinski definition) is 4. The Morgan fingerprint density at radius 3 is 2.26 bits per heavy atom. The van der Waals surface area contributed by atoms with Gasteiger partial charge in [-0.05, 0) is 18.2 Å². The molecule has 1 aliphatic heterocycles.